The van der Waals surface area contributed by atoms with Gasteiger partial charge >= 0.3 is 0 Å². The van der Waals surface area contributed by atoms with Crippen molar-refractivity contribution in [2.75, 3.05) is 37.6 Å². The van der Waals surface area contributed by atoms with Crippen LogP contribution in [0.3, 0.4) is 0 Å². The number of benzene rings is 1. The first-order valence-corrected chi connectivity index (χ1v) is 12.4. The largest absolute Gasteiger partial charge is 0.351 e. The summed E-state index contributed by atoms with van der Waals surface area (Å²) in [5.41, 5.74) is 1.92. The molecule has 1 aliphatic rings. The SMILES string of the molecule is CCN(CCCNC(=O)c1cccn1-c1nnc(N2CCCCC2)s1)Cc1ccccc1. The van der Waals surface area contributed by atoms with Crippen LogP contribution < -0.4 is 10.2 Å². The van der Waals surface area contributed by atoms with Crippen molar-refractivity contribution in [3.8, 4) is 5.13 Å². The lowest BCUT2D eigenvalue weighted by Crippen LogP contribution is -2.30. The van der Waals surface area contributed by atoms with Crippen molar-refractivity contribution in [2.24, 2.45) is 0 Å². The smallest absolute Gasteiger partial charge is 0.268 e. The van der Waals surface area contributed by atoms with Crippen LogP contribution in [0.1, 0.15) is 48.7 Å². The Labute approximate surface area is 194 Å². The van der Waals surface area contributed by atoms with Crippen LogP contribution in [0.2, 0.25) is 0 Å². The molecule has 0 unspecified atom stereocenters. The molecule has 3 aromatic rings. The van der Waals surface area contributed by atoms with Gasteiger partial charge in [-0.1, -0.05) is 48.6 Å². The van der Waals surface area contributed by atoms with Crippen LogP contribution in [0.15, 0.2) is 48.7 Å². The van der Waals surface area contributed by atoms with E-state index in [2.05, 4.69) is 56.5 Å². The van der Waals surface area contributed by atoms with Crippen molar-refractivity contribution in [3.63, 3.8) is 0 Å². The fourth-order valence-electron chi connectivity index (χ4n) is 4.04. The Kier molecular flexibility index (Phi) is 7.90. The number of anilines is 1. The molecule has 32 heavy (non-hydrogen) atoms. The summed E-state index contributed by atoms with van der Waals surface area (Å²) < 4.78 is 1.84. The number of aromatic nitrogens is 3. The Hall–Kier alpha value is -2.71. The Balaban J connectivity index is 1.28. The predicted molar refractivity (Wildman–Crippen MR) is 130 cm³/mol. The van der Waals surface area contributed by atoms with E-state index >= 15 is 0 Å². The van der Waals surface area contributed by atoms with Crippen LogP contribution in [0, 0.1) is 0 Å². The third-order valence-electron chi connectivity index (χ3n) is 5.85. The van der Waals surface area contributed by atoms with Crippen LogP contribution in [-0.2, 0) is 6.54 Å². The quantitative estimate of drug-likeness (QED) is 0.472. The average molecular weight is 453 g/mol. The van der Waals surface area contributed by atoms with Crippen molar-refractivity contribution < 1.29 is 4.79 Å². The highest BCUT2D eigenvalue weighted by atomic mass is 32.1. The van der Waals surface area contributed by atoms with Crippen LogP contribution in [0.5, 0.6) is 0 Å². The summed E-state index contributed by atoms with van der Waals surface area (Å²) >= 11 is 1.54. The number of hydrogen-bond donors (Lipinski definition) is 1. The number of amides is 1. The second-order valence-electron chi connectivity index (χ2n) is 8.14. The van der Waals surface area contributed by atoms with Gasteiger partial charge in [0, 0.05) is 38.9 Å². The van der Waals surface area contributed by atoms with E-state index in [0.717, 1.165) is 49.4 Å². The predicted octanol–water partition coefficient (Wildman–Crippen LogP) is 3.96. The summed E-state index contributed by atoms with van der Waals surface area (Å²) in [4.78, 5) is 17.5. The van der Waals surface area contributed by atoms with Crippen molar-refractivity contribution in [1.82, 2.24) is 25.0 Å². The molecule has 1 fully saturated rings. The highest BCUT2D eigenvalue weighted by Crippen LogP contribution is 2.26. The lowest BCUT2D eigenvalue weighted by Gasteiger charge is -2.25. The molecule has 0 saturated carbocycles. The van der Waals surface area contributed by atoms with Gasteiger partial charge in [0.05, 0.1) is 0 Å². The van der Waals surface area contributed by atoms with Gasteiger partial charge in [0.25, 0.3) is 5.91 Å². The van der Waals surface area contributed by atoms with Crippen molar-refractivity contribution in [1.29, 1.82) is 0 Å². The van der Waals surface area contributed by atoms with E-state index in [9.17, 15) is 4.79 Å². The zero-order valence-electron chi connectivity index (χ0n) is 18.7. The molecule has 0 spiro atoms. The van der Waals surface area contributed by atoms with E-state index in [1.807, 2.05) is 29.0 Å². The number of carbonyl (C=O) groups excluding carboxylic acids is 1. The molecule has 2 aromatic heterocycles. The van der Waals surface area contributed by atoms with Gasteiger partial charge in [-0.05, 0) is 49.9 Å². The molecule has 170 valence electrons. The van der Waals surface area contributed by atoms with Gasteiger partial charge in [-0.15, -0.1) is 10.2 Å². The molecule has 0 aliphatic carbocycles. The Morgan fingerprint density at radius 3 is 2.62 bits per heavy atom. The normalized spacial score (nSPS) is 14.1. The Morgan fingerprint density at radius 1 is 1.06 bits per heavy atom. The molecule has 0 atom stereocenters. The minimum atomic E-state index is -0.0733. The van der Waals surface area contributed by atoms with E-state index in [1.54, 1.807) is 11.3 Å². The minimum absolute atomic E-state index is 0.0733. The second kappa shape index (κ2) is 11.2. The van der Waals surface area contributed by atoms with Gasteiger partial charge in [-0.3, -0.25) is 14.3 Å². The van der Waals surface area contributed by atoms with Gasteiger partial charge in [-0.2, -0.15) is 0 Å². The molecule has 1 aromatic carbocycles. The maximum atomic E-state index is 12.8. The van der Waals surface area contributed by atoms with E-state index in [-0.39, 0.29) is 5.91 Å². The molecule has 0 radical (unpaired) electrons. The average Bonchev–Trinajstić information content (AvgIpc) is 3.52. The van der Waals surface area contributed by atoms with E-state index in [1.165, 1.54) is 24.8 Å². The van der Waals surface area contributed by atoms with Gasteiger partial charge in [-0.25, -0.2) is 0 Å². The third-order valence-corrected chi connectivity index (χ3v) is 6.83. The van der Waals surface area contributed by atoms with Gasteiger partial charge in [0.15, 0.2) is 0 Å². The van der Waals surface area contributed by atoms with Crippen molar-refractivity contribution >= 4 is 22.4 Å². The van der Waals surface area contributed by atoms with Crippen LogP contribution in [-0.4, -0.2) is 58.3 Å². The summed E-state index contributed by atoms with van der Waals surface area (Å²) in [6.45, 7) is 7.76. The van der Waals surface area contributed by atoms with E-state index in [4.69, 9.17) is 0 Å². The standard InChI is InChI=1S/C24H32N6OS/c1-2-28(19-20-11-5-3-6-12-20)15-10-14-25-22(31)21-13-9-18-30(21)24-27-26-23(32-24)29-16-7-4-8-17-29/h3,5-6,9,11-13,18H,2,4,7-8,10,14-17,19H2,1H3,(H,25,31). The maximum Gasteiger partial charge on any atom is 0.268 e. The Bertz CT molecular complexity index is 979. The first-order valence-electron chi connectivity index (χ1n) is 11.5. The van der Waals surface area contributed by atoms with E-state index < -0.39 is 0 Å². The first-order chi connectivity index (χ1) is 15.7. The molecule has 1 N–H and O–H groups in total. The zero-order chi connectivity index (χ0) is 22.2. The van der Waals surface area contributed by atoms with E-state index in [0.29, 0.717) is 12.2 Å². The van der Waals surface area contributed by atoms with Crippen molar-refractivity contribution in [2.45, 2.75) is 39.2 Å². The molecule has 4 rings (SSSR count). The van der Waals surface area contributed by atoms with Crippen LogP contribution in [0.25, 0.3) is 5.13 Å². The lowest BCUT2D eigenvalue weighted by atomic mass is 10.1. The number of carbonyl (C=O) groups is 1. The number of rotatable bonds is 10. The maximum absolute atomic E-state index is 12.8. The fraction of sp³-hybridized carbons (Fsp3) is 0.458. The fourth-order valence-corrected chi connectivity index (χ4v) is 4.93. The summed E-state index contributed by atoms with van der Waals surface area (Å²) in [5, 5.41) is 13.5. The molecule has 8 heteroatoms. The molecule has 0 bridgehead atoms. The van der Waals surface area contributed by atoms with Crippen molar-refractivity contribution in [3.05, 3.63) is 59.9 Å². The number of piperidine rings is 1. The first kappa shape index (κ1) is 22.5. The van der Waals surface area contributed by atoms with Gasteiger partial charge in [0.2, 0.25) is 10.3 Å². The summed E-state index contributed by atoms with van der Waals surface area (Å²) in [7, 11) is 0. The third kappa shape index (κ3) is 5.75. The molecule has 1 aliphatic heterocycles. The Morgan fingerprint density at radius 2 is 1.84 bits per heavy atom. The van der Waals surface area contributed by atoms with Crippen LogP contribution >= 0.6 is 11.3 Å². The molecule has 1 amide bonds. The molecule has 1 saturated heterocycles. The highest BCUT2D eigenvalue weighted by molar-refractivity contribution is 7.17. The minimum Gasteiger partial charge on any atom is -0.351 e. The molecule has 7 nitrogen and oxygen atoms in total. The number of nitrogens with zero attached hydrogens (tertiary/aromatic N) is 5. The molecular weight excluding hydrogens is 420 g/mol. The molecule has 3 heterocycles. The van der Waals surface area contributed by atoms with Gasteiger partial charge in [0.1, 0.15) is 5.69 Å². The topological polar surface area (TPSA) is 66.3 Å². The summed E-state index contributed by atoms with van der Waals surface area (Å²) in [6, 6.07) is 14.2. The van der Waals surface area contributed by atoms with Crippen LogP contribution in [0.4, 0.5) is 5.13 Å². The summed E-state index contributed by atoms with van der Waals surface area (Å²) in [5.74, 6) is -0.0733. The summed E-state index contributed by atoms with van der Waals surface area (Å²) in [6.07, 6.45) is 6.48. The highest BCUT2D eigenvalue weighted by Gasteiger charge is 2.19. The monoisotopic (exact) mass is 452 g/mol. The molecular formula is C24H32N6OS. The second-order valence-corrected chi connectivity index (χ2v) is 9.08. The lowest BCUT2D eigenvalue weighted by molar-refractivity contribution is 0.0944. The number of nitrogens with one attached hydrogen (secondary N) is 1. The zero-order valence-corrected chi connectivity index (χ0v) is 19.6. The number of hydrogen-bond acceptors (Lipinski definition) is 6. The van der Waals surface area contributed by atoms with Gasteiger partial charge < -0.3 is 10.2 Å².